The highest BCUT2D eigenvalue weighted by atomic mass is 32.2. The molecule has 8 atom stereocenters. The number of likely N-dealkylation sites (tertiary alicyclic amines) is 1. The first-order valence-electron chi connectivity index (χ1n) is 16.2. The minimum absolute atomic E-state index is 0.0324. The summed E-state index contributed by atoms with van der Waals surface area (Å²) in [7, 11) is 0. The molecule has 3 aliphatic heterocycles. The van der Waals surface area contributed by atoms with E-state index in [1.54, 1.807) is 38.6 Å². The molecule has 45 heavy (non-hydrogen) atoms. The molecule has 240 valence electrons. The Bertz CT molecular complexity index is 1390. The number of aliphatic hydroxyl groups excluding tert-OH is 1. The number of carbonyl (C=O) groups excluding carboxylic acids is 3. The number of benzene rings is 2. The van der Waals surface area contributed by atoms with Crippen LogP contribution in [0.15, 0.2) is 86.0 Å². The Labute approximate surface area is 272 Å². The minimum Gasteiger partial charge on any atom is -0.394 e. The number of thioether (sulfide) groups is 1. The van der Waals surface area contributed by atoms with Gasteiger partial charge in [-0.25, -0.2) is 0 Å². The van der Waals surface area contributed by atoms with Gasteiger partial charge in [-0.3, -0.25) is 14.4 Å². The van der Waals surface area contributed by atoms with E-state index < -0.39 is 28.7 Å². The molecule has 3 saturated heterocycles. The maximum Gasteiger partial charge on any atom is 0.247 e. The summed E-state index contributed by atoms with van der Waals surface area (Å²) in [6, 6.07) is 18.4. The van der Waals surface area contributed by atoms with Gasteiger partial charge >= 0.3 is 0 Å². The van der Waals surface area contributed by atoms with Crippen LogP contribution < -0.4 is 0 Å². The fourth-order valence-electron chi connectivity index (χ4n) is 7.96. The number of amides is 3. The summed E-state index contributed by atoms with van der Waals surface area (Å²) in [6.45, 7) is 15.3. The van der Waals surface area contributed by atoms with Gasteiger partial charge in [0.05, 0.1) is 29.2 Å². The van der Waals surface area contributed by atoms with Crippen LogP contribution in [0.1, 0.15) is 44.7 Å². The van der Waals surface area contributed by atoms with E-state index in [-0.39, 0.29) is 41.4 Å². The molecule has 2 aromatic rings. The lowest BCUT2D eigenvalue weighted by Crippen LogP contribution is -2.60. The van der Waals surface area contributed by atoms with Gasteiger partial charge in [0.2, 0.25) is 17.7 Å². The summed E-state index contributed by atoms with van der Waals surface area (Å²) in [5.41, 5.74) is 2.00. The first kappa shape index (κ1) is 33.0. The van der Waals surface area contributed by atoms with Gasteiger partial charge in [-0.1, -0.05) is 100 Å². The molecule has 3 aliphatic rings. The van der Waals surface area contributed by atoms with Crippen molar-refractivity contribution < 1.29 is 19.5 Å². The van der Waals surface area contributed by atoms with Crippen molar-refractivity contribution in [3.05, 3.63) is 97.1 Å². The van der Waals surface area contributed by atoms with E-state index in [4.69, 9.17) is 0 Å². The Hall–Kier alpha value is -3.36. The number of hydrogen-bond acceptors (Lipinski definition) is 5. The van der Waals surface area contributed by atoms with E-state index in [9.17, 15) is 19.5 Å². The zero-order chi connectivity index (χ0) is 32.3. The van der Waals surface area contributed by atoms with Crippen LogP contribution in [0.5, 0.6) is 0 Å². The van der Waals surface area contributed by atoms with Crippen molar-refractivity contribution in [2.75, 3.05) is 19.7 Å². The van der Waals surface area contributed by atoms with Crippen molar-refractivity contribution in [2.45, 2.75) is 68.8 Å². The fourth-order valence-corrected chi connectivity index (χ4v) is 10.4. The van der Waals surface area contributed by atoms with Crippen LogP contribution in [0.2, 0.25) is 0 Å². The zero-order valence-electron chi connectivity index (χ0n) is 26.8. The summed E-state index contributed by atoms with van der Waals surface area (Å²) in [6.07, 6.45) is 4.95. The van der Waals surface area contributed by atoms with E-state index in [1.165, 1.54) is 0 Å². The number of aliphatic hydroxyl groups is 1. The molecule has 3 unspecified atom stereocenters. The lowest BCUT2D eigenvalue weighted by Gasteiger charge is -2.43. The van der Waals surface area contributed by atoms with Crippen LogP contribution >= 0.6 is 11.8 Å². The normalized spacial score (nSPS) is 28.0. The van der Waals surface area contributed by atoms with E-state index in [0.717, 1.165) is 24.0 Å². The Morgan fingerprint density at radius 3 is 2.02 bits per heavy atom. The maximum atomic E-state index is 14.9. The molecular weight excluding hydrogens is 582 g/mol. The molecule has 0 saturated carbocycles. The van der Waals surface area contributed by atoms with E-state index in [2.05, 4.69) is 20.1 Å². The summed E-state index contributed by atoms with van der Waals surface area (Å²) < 4.78 is -0.775. The molecule has 2 bridgehead atoms. The van der Waals surface area contributed by atoms with E-state index in [0.29, 0.717) is 26.2 Å². The van der Waals surface area contributed by atoms with Gasteiger partial charge in [-0.05, 0) is 29.4 Å². The van der Waals surface area contributed by atoms with Gasteiger partial charge in [0, 0.05) is 31.4 Å². The average Bonchev–Trinajstić information content (AvgIpc) is 3.65. The van der Waals surface area contributed by atoms with Crippen LogP contribution in [-0.4, -0.2) is 79.3 Å². The Morgan fingerprint density at radius 1 is 1.00 bits per heavy atom. The molecule has 3 heterocycles. The lowest BCUT2D eigenvalue weighted by atomic mass is 9.65. The van der Waals surface area contributed by atoms with Crippen molar-refractivity contribution in [3.63, 3.8) is 0 Å². The van der Waals surface area contributed by atoms with Crippen LogP contribution in [0, 0.1) is 23.7 Å². The topological polar surface area (TPSA) is 81.2 Å². The molecule has 0 aliphatic carbocycles. The van der Waals surface area contributed by atoms with E-state index in [1.807, 2.05) is 74.5 Å². The number of carbonyl (C=O) groups is 3. The molecule has 1 spiro atoms. The second-order valence-corrected chi connectivity index (χ2v) is 14.5. The first-order valence-corrected chi connectivity index (χ1v) is 17.1. The smallest absolute Gasteiger partial charge is 0.247 e. The summed E-state index contributed by atoms with van der Waals surface area (Å²) in [4.78, 5) is 49.6. The molecular formula is C37H47N3O4S. The fraction of sp³-hybridized carbons (Fsp3) is 0.486. The number of rotatable bonds is 14. The average molecular weight is 630 g/mol. The molecule has 3 fully saturated rings. The second-order valence-electron chi connectivity index (χ2n) is 12.9. The van der Waals surface area contributed by atoms with Crippen LogP contribution in [-0.2, 0) is 27.5 Å². The van der Waals surface area contributed by atoms with Gasteiger partial charge in [0.25, 0.3) is 0 Å². The van der Waals surface area contributed by atoms with Gasteiger partial charge < -0.3 is 19.8 Å². The van der Waals surface area contributed by atoms with Gasteiger partial charge in [-0.15, -0.1) is 24.9 Å². The van der Waals surface area contributed by atoms with Gasteiger partial charge in [-0.2, -0.15) is 0 Å². The third-order valence-corrected chi connectivity index (χ3v) is 12.4. The summed E-state index contributed by atoms with van der Waals surface area (Å²) >= 11 is 1.68. The van der Waals surface area contributed by atoms with Crippen molar-refractivity contribution in [3.8, 4) is 0 Å². The second kappa shape index (κ2) is 14.0. The molecule has 7 nitrogen and oxygen atoms in total. The predicted molar refractivity (Wildman–Crippen MR) is 180 cm³/mol. The highest BCUT2D eigenvalue weighted by Gasteiger charge is 2.77. The third kappa shape index (κ3) is 5.87. The number of fused-ring (bicyclic) bond motifs is 1. The predicted octanol–water partition coefficient (Wildman–Crippen LogP) is 5.16. The van der Waals surface area contributed by atoms with Gasteiger partial charge in [0.15, 0.2) is 0 Å². The van der Waals surface area contributed by atoms with Crippen LogP contribution in [0.25, 0.3) is 0 Å². The first-order chi connectivity index (χ1) is 21.7. The Kier molecular flexibility index (Phi) is 10.2. The molecule has 0 aromatic heterocycles. The van der Waals surface area contributed by atoms with Crippen LogP contribution in [0.4, 0.5) is 0 Å². The third-order valence-electron chi connectivity index (χ3n) is 10.3. The molecule has 0 radical (unpaired) electrons. The molecule has 2 aromatic carbocycles. The minimum atomic E-state index is -0.797. The Morgan fingerprint density at radius 2 is 1.53 bits per heavy atom. The van der Waals surface area contributed by atoms with Crippen molar-refractivity contribution >= 4 is 29.5 Å². The SMILES string of the molecule is C=CCN(Cc1ccccc1)C(=O)C1N([C@@H](CO)[C@@H](C)CC)C(=O)[C@@H]2[C@@H](C(=O)N(CC=C)Cc3ccccc3)[C@H]3CC(C)C12S3. The number of hydrogen-bond donors (Lipinski definition) is 1. The van der Waals surface area contributed by atoms with Crippen molar-refractivity contribution in [1.29, 1.82) is 0 Å². The standard InChI is InChI=1S/C37H47N3O4S/c1-6-19-38(22-27-15-11-9-12-16-27)34(42)31-30-21-26(5)37(45-30)32(31)35(43)40(29(24-41)25(4)8-3)33(37)36(44)39(20-7-2)23-28-17-13-10-14-18-28/h6-7,9-18,25-26,29-33,41H,1-2,8,19-24H2,3-5H3/t25-,26?,29-,30+,31-,32-,33?,37?/m0/s1. The molecule has 3 amide bonds. The monoisotopic (exact) mass is 629 g/mol. The Balaban J connectivity index is 1.58. The summed E-state index contributed by atoms with van der Waals surface area (Å²) in [5, 5.41) is 10.7. The lowest BCUT2D eigenvalue weighted by molar-refractivity contribution is -0.148. The molecule has 5 rings (SSSR count). The highest BCUT2D eigenvalue weighted by molar-refractivity contribution is 8.02. The molecule has 8 heteroatoms. The molecule has 1 N–H and O–H groups in total. The van der Waals surface area contributed by atoms with Crippen LogP contribution in [0.3, 0.4) is 0 Å². The van der Waals surface area contributed by atoms with Gasteiger partial charge in [0.1, 0.15) is 6.04 Å². The maximum absolute atomic E-state index is 14.9. The summed E-state index contributed by atoms with van der Waals surface area (Å²) in [5.74, 6) is -1.59. The van der Waals surface area contributed by atoms with Crippen molar-refractivity contribution in [1.82, 2.24) is 14.7 Å². The largest absolute Gasteiger partial charge is 0.394 e. The van der Waals surface area contributed by atoms with E-state index >= 15 is 0 Å². The quantitative estimate of drug-likeness (QED) is 0.292. The highest BCUT2D eigenvalue weighted by Crippen LogP contribution is 2.69. The zero-order valence-corrected chi connectivity index (χ0v) is 27.6. The number of nitrogens with zero attached hydrogens (tertiary/aromatic N) is 3. The van der Waals surface area contributed by atoms with Crippen molar-refractivity contribution in [2.24, 2.45) is 23.7 Å².